The first-order valence-corrected chi connectivity index (χ1v) is 5.25. The summed E-state index contributed by atoms with van der Waals surface area (Å²) in [6.45, 7) is 3.80. The van der Waals surface area contributed by atoms with Gasteiger partial charge in [0.1, 0.15) is 0 Å². The van der Waals surface area contributed by atoms with Crippen LogP contribution in [0.5, 0.6) is 0 Å². The molecule has 0 radical (unpaired) electrons. The zero-order chi connectivity index (χ0) is 11.4. The van der Waals surface area contributed by atoms with Crippen LogP contribution in [0.4, 0.5) is 5.69 Å². The third-order valence-electron chi connectivity index (χ3n) is 2.16. The molecule has 1 aromatic carbocycles. The average Bonchev–Trinajstić information content (AvgIpc) is 2.20. The Morgan fingerprint density at radius 1 is 1.56 bits per heavy atom. The van der Waals surface area contributed by atoms with E-state index in [4.69, 9.17) is 17.3 Å². The lowest BCUT2D eigenvalue weighted by Gasteiger charge is -2.11. The van der Waals surface area contributed by atoms with Crippen LogP contribution in [-0.2, 0) is 4.79 Å². The van der Waals surface area contributed by atoms with Crippen LogP contribution in [0.25, 0.3) is 0 Å². The van der Waals surface area contributed by atoms with Gasteiger partial charge in [0.15, 0.2) is 0 Å². The third-order valence-corrected chi connectivity index (χ3v) is 2.47. The summed E-state index contributed by atoms with van der Waals surface area (Å²) < 4.78 is 0. The maximum atomic E-state index is 11.5. The average molecular weight is 263 g/mol. The number of aryl methyl sites for hydroxylation is 1. The fourth-order valence-corrected chi connectivity index (χ4v) is 1.41. The number of anilines is 1. The quantitative estimate of drug-likeness (QED) is 0.880. The molecule has 1 amide bonds. The Hall–Kier alpha value is -0.770. The van der Waals surface area contributed by atoms with E-state index in [1.807, 2.05) is 19.9 Å². The summed E-state index contributed by atoms with van der Waals surface area (Å²) in [5.74, 6) is -0.205. The van der Waals surface area contributed by atoms with Crippen LogP contribution in [0, 0.1) is 6.92 Å². The highest BCUT2D eigenvalue weighted by Gasteiger charge is 2.12. The van der Waals surface area contributed by atoms with Crippen molar-refractivity contribution in [3.63, 3.8) is 0 Å². The number of hydrogen-bond donors (Lipinski definition) is 2. The van der Waals surface area contributed by atoms with Gasteiger partial charge in [0.25, 0.3) is 0 Å². The van der Waals surface area contributed by atoms with Gasteiger partial charge in [0.2, 0.25) is 5.91 Å². The maximum absolute atomic E-state index is 11.5. The molecule has 1 rings (SSSR count). The molecule has 0 spiro atoms. The van der Waals surface area contributed by atoms with Crippen LogP contribution in [0.2, 0.25) is 5.02 Å². The third kappa shape index (κ3) is 4.00. The van der Waals surface area contributed by atoms with Crippen molar-refractivity contribution in [2.45, 2.75) is 26.3 Å². The minimum Gasteiger partial charge on any atom is -0.323 e. The molecule has 0 unspecified atom stereocenters. The first kappa shape index (κ1) is 15.2. The zero-order valence-electron chi connectivity index (χ0n) is 9.29. The number of halogens is 2. The molecule has 0 saturated heterocycles. The van der Waals surface area contributed by atoms with E-state index in [0.717, 1.165) is 5.56 Å². The highest BCUT2D eigenvalue weighted by molar-refractivity contribution is 6.33. The Balaban J connectivity index is 0.00000225. The fourth-order valence-electron chi connectivity index (χ4n) is 1.13. The van der Waals surface area contributed by atoms with E-state index in [1.54, 1.807) is 12.1 Å². The summed E-state index contributed by atoms with van der Waals surface area (Å²) in [4.78, 5) is 11.5. The van der Waals surface area contributed by atoms with Crippen molar-refractivity contribution in [3.05, 3.63) is 28.8 Å². The van der Waals surface area contributed by atoms with Crippen molar-refractivity contribution in [1.29, 1.82) is 0 Å². The molecular formula is C11H16Cl2N2O. The normalized spacial score (nSPS) is 11.5. The molecule has 0 aliphatic carbocycles. The Bertz CT molecular complexity index is 369. The summed E-state index contributed by atoms with van der Waals surface area (Å²) in [5.41, 5.74) is 7.25. The molecule has 1 atom stereocenters. The molecule has 3 N–H and O–H groups in total. The number of nitrogens with one attached hydrogen (secondary N) is 1. The topological polar surface area (TPSA) is 55.1 Å². The van der Waals surface area contributed by atoms with Gasteiger partial charge in [-0.25, -0.2) is 0 Å². The Kier molecular flexibility index (Phi) is 6.41. The number of rotatable bonds is 3. The van der Waals surface area contributed by atoms with Gasteiger partial charge in [0.05, 0.1) is 16.8 Å². The van der Waals surface area contributed by atoms with E-state index in [2.05, 4.69) is 5.32 Å². The van der Waals surface area contributed by atoms with Gasteiger partial charge in [-0.3, -0.25) is 4.79 Å². The highest BCUT2D eigenvalue weighted by Crippen LogP contribution is 2.22. The van der Waals surface area contributed by atoms with E-state index in [-0.39, 0.29) is 18.3 Å². The lowest BCUT2D eigenvalue weighted by atomic mass is 10.2. The maximum Gasteiger partial charge on any atom is 0.241 e. The lowest BCUT2D eigenvalue weighted by Crippen LogP contribution is -2.34. The first-order chi connectivity index (χ1) is 7.04. The van der Waals surface area contributed by atoms with Gasteiger partial charge >= 0.3 is 0 Å². The molecule has 5 heteroatoms. The number of carbonyl (C=O) groups is 1. The molecule has 0 heterocycles. The number of nitrogens with two attached hydrogens (primary N) is 1. The summed E-state index contributed by atoms with van der Waals surface area (Å²) in [5, 5.41) is 3.23. The number of hydrogen-bond acceptors (Lipinski definition) is 2. The minimum absolute atomic E-state index is 0. The molecule has 1 aromatic rings. The molecule has 0 bridgehead atoms. The van der Waals surface area contributed by atoms with Gasteiger partial charge in [-0.2, -0.15) is 0 Å². The van der Waals surface area contributed by atoms with Crippen LogP contribution < -0.4 is 11.1 Å². The van der Waals surface area contributed by atoms with Crippen molar-refractivity contribution >= 4 is 35.6 Å². The van der Waals surface area contributed by atoms with E-state index < -0.39 is 6.04 Å². The van der Waals surface area contributed by atoms with Gasteiger partial charge in [-0.1, -0.05) is 24.6 Å². The lowest BCUT2D eigenvalue weighted by molar-refractivity contribution is -0.117. The zero-order valence-corrected chi connectivity index (χ0v) is 10.9. The molecule has 0 aliphatic heterocycles. The molecule has 0 fully saturated rings. The summed E-state index contributed by atoms with van der Waals surface area (Å²) in [7, 11) is 0. The second kappa shape index (κ2) is 6.74. The molecular weight excluding hydrogens is 247 g/mol. The van der Waals surface area contributed by atoms with Crippen molar-refractivity contribution in [1.82, 2.24) is 0 Å². The van der Waals surface area contributed by atoms with E-state index in [9.17, 15) is 4.79 Å². The predicted molar refractivity (Wildman–Crippen MR) is 70.3 cm³/mol. The Labute approximate surface area is 107 Å². The van der Waals surface area contributed by atoms with Gasteiger partial charge in [0, 0.05) is 0 Å². The Morgan fingerprint density at radius 3 is 2.69 bits per heavy atom. The monoisotopic (exact) mass is 262 g/mol. The van der Waals surface area contributed by atoms with Crippen LogP contribution in [0.15, 0.2) is 18.2 Å². The van der Waals surface area contributed by atoms with E-state index >= 15 is 0 Å². The van der Waals surface area contributed by atoms with Crippen LogP contribution in [0.1, 0.15) is 18.9 Å². The van der Waals surface area contributed by atoms with Crippen molar-refractivity contribution < 1.29 is 4.79 Å². The Morgan fingerprint density at radius 2 is 2.19 bits per heavy atom. The fraction of sp³-hybridized carbons (Fsp3) is 0.364. The van der Waals surface area contributed by atoms with Crippen molar-refractivity contribution in [2.75, 3.05) is 5.32 Å². The highest BCUT2D eigenvalue weighted by atomic mass is 35.5. The largest absolute Gasteiger partial charge is 0.323 e. The van der Waals surface area contributed by atoms with Gasteiger partial charge in [-0.15, -0.1) is 12.4 Å². The van der Waals surface area contributed by atoms with Crippen LogP contribution >= 0.6 is 24.0 Å². The van der Waals surface area contributed by atoms with Gasteiger partial charge < -0.3 is 11.1 Å². The smallest absolute Gasteiger partial charge is 0.241 e. The first-order valence-electron chi connectivity index (χ1n) is 4.87. The summed E-state index contributed by atoms with van der Waals surface area (Å²) >= 11 is 5.97. The van der Waals surface area contributed by atoms with Crippen molar-refractivity contribution in [2.24, 2.45) is 5.73 Å². The van der Waals surface area contributed by atoms with Crippen LogP contribution in [0.3, 0.4) is 0 Å². The standard InChI is InChI=1S/C11H15ClN2O.ClH/c1-3-9(13)11(15)14-10-5-4-7(2)6-8(10)12;/h4-6,9H,3,13H2,1-2H3,(H,14,15);1H/t9-;/m0./s1. The molecule has 16 heavy (non-hydrogen) atoms. The van der Waals surface area contributed by atoms with E-state index in [0.29, 0.717) is 17.1 Å². The SMILES string of the molecule is CC[C@H](N)C(=O)Nc1ccc(C)cc1Cl.Cl. The second-order valence-corrected chi connectivity index (χ2v) is 3.89. The molecule has 0 aromatic heterocycles. The van der Waals surface area contributed by atoms with Gasteiger partial charge in [-0.05, 0) is 31.0 Å². The van der Waals surface area contributed by atoms with Crippen molar-refractivity contribution in [3.8, 4) is 0 Å². The minimum atomic E-state index is -0.484. The van der Waals surface area contributed by atoms with Crippen LogP contribution in [-0.4, -0.2) is 11.9 Å². The molecule has 0 aliphatic rings. The number of benzene rings is 1. The number of amides is 1. The molecule has 3 nitrogen and oxygen atoms in total. The number of carbonyl (C=O) groups excluding carboxylic acids is 1. The summed E-state index contributed by atoms with van der Waals surface area (Å²) in [6.07, 6.45) is 0.606. The molecule has 0 saturated carbocycles. The predicted octanol–water partition coefficient (Wildman–Crippen LogP) is 2.75. The van der Waals surface area contributed by atoms with E-state index in [1.165, 1.54) is 0 Å². The second-order valence-electron chi connectivity index (χ2n) is 3.49. The summed E-state index contributed by atoms with van der Waals surface area (Å²) in [6, 6.07) is 4.98. The molecule has 90 valence electrons.